The Morgan fingerprint density at radius 3 is 2.17 bits per heavy atom. The van der Waals surface area contributed by atoms with Crippen molar-refractivity contribution in [2.24, 2.45) is 0 Å². The van der Waals surface area contributed by atoms with Crippen molar-refractivity contribution < 1.29 is 46.7 Å². The first-order valence-corrected chi connectivity index (χ1v) is 3.69. The Labute approximate surface area is 100 Å². The molecule has 1 fully saturated rings. The number of imide groups is 1. The van der Waals surface area contributed by atoms with Gasteiger partial charge >= 0.3 is 0 Å². The summed E-state index contributed by atoms with van der Waals surface area (Å²) in [5.41, 5.74) is 0. The third kappa shape index (κ3) is 4.53. The van der Waals surface area contributed by atoms with Gasteiger partial charge in [-0.2, -0.15) is 13.6 Å². The fraction of sp³-hybridized carbons (Fsp3) is 0.333. The van der Waals surface area contributed by atoms with Gasteiger partial charge in [0.1, 0.15) is 0 Å². The Balaban J connectivity index is 0. The van der Waals surface area contributed by atoms with Gasteiger partial charge in [0.15, 0.2) is 0 Å². The topological polar surface area (TPSA) is 46.2 Å². The minimum absolute atomic E-state index is 0. The van der Waals surface area contributed by atoms with E-state index in [-0.39, 0.29) is 49.1 Å². The van der Waals surface area contributed by atoms with Crippen molar-refractivity contribution in [2.45, 2.75) is 11.7 Å². The Morgan fingerprint density at radius 1 is 1.50 bits per heavy atom. The maximum atomic E-state index is 10.6. The van der Waals surface area contributed by atoms with E-state index >= 15 is 0 Å². The molecule has 1 atom stereocenters. The van der Waals surface area contributed by atoms with Crippen LogP contribution in [0.25, 0.3) is 0 Å². The summed E-state index contributed by atoms with van der Waals surface area (Å²) in [5, 5.41) is 1.65. The van der Waals surface area contributed by atoms with E-state index in [1.54, 1.807) is 7.18 Å². The third-order valence-electron chi connectivity index (χ3n) is 1.03. The number of carbonyl (C=O) groups is 2. The van der Waals surface area contributed by atoms with Crippen LogP contribution in [0.3, 0.4) is 0 Å². The number of thioether (sulfide) groups is 1. The fourth-order valence-electron chi connectivity index (χ4n) is 0.583. The van der Waals surface area contributed by atoms with E-state index in [1.165, 1.54) is 0 Å². The summed E-state index contributed by atoms with van der Waals surface area (Å²) in [4.78, 5) is 21.0. The zero-order chi connectivity index (χ0) is 8.85. The predicted octanol–water partition coefficient (Wildman–Crippen LogP) is 1.31. The molecule has 67 valence electrons. The van der Waals surface area contributed by atoms with Crippen molar-refractivity contribution in [3.05, 3.63) is 14.1 Å². The first kappa shape index (κ1) is 15.0. The summed E-state index contributed by atoms with van der Waals surface area (Å²) in [5.74, 6) is -0.208. The maximum Gasteiger partial charge on any atom is 0.286 e. The molecule has 1 radical (unpaired) electrons. The molecule has 0 aromatic carbocycles. The SMILES string of the molecule is [CH2-]CC1SC(=O)NC1=O.[CH2-]F.[Y]. The van der Waals surface area contributed by atoms with Crippen LogP contribution in [-0.2, 0) is 37.5 Å². The molecule has 6 heteroatoms. The molecular formula is C6H8FNO2SY-2. The van der Waals surface area contributed by atoms with E-state index in [0.717, 1.165) is 11.8 Å². The van der Waals surface area contributed by atoms with Crippen LogP contribution >= 0.6 is 11.8 Å². The minimum atomic E-state index is -0.256. The molecule has 0 aromatic heterocycles. The van der Waals surface area contributed by atoms with E-state index in [4.69, 9.17) is 0 Å². The van der Waals surface area contributed by atoms with E-state index in [0.29, 0.717) is 6.42 Å². The standard InChI is InChI=1S/C5H6NO2S.CH2F.Y/c1-2-3-4(7)6-5(8)9-3;1-2;/h3H,1-2H2,(H,6,7,8);1H2;/q2*-1;. The van der Waals surface area contributed by atoms with Crippen LogP contribution in [0, 0.1) is 14.1 Å². The van der Waals surface area contributed by atoms with Gasteiger partial charge < -0.3 is 11.3 Å². The van der Waals surface area contributed by atoms with Gasteiger partial charge in [-0.3, -0.25) is 14.9 Å². The Morgan fingerprint density at radius 2 is 2.00 bits per heavy atom. The van der Waals surface area contributed by atoms with Crippen LogP contribution in [0.2, 0.25) is 0 Å². The van der Waals surface area contributed by atoms with Crippen molar-refractivity contribution in [2.75, 3.05) is 0 Å². The second-order valence-corrected chi connectivity index (χ2v) is 2.85. The minimum Gasteiger partial charge on any atom is -0.463 e. The molecule has 2 amide bonds. The zero-order valence-electron chi connectivity index (χ0n) is 6.38. The van der Waals surface area contributed by atoms with Crippen LogP contribution < -0.4 is 5.32 Å². The van der Waals surface area contributed by atoms with Gasteiger partial charge in [-0.15, -0.1) is 0 Å². The monoisotopic (exact) mass is 266 g/mol. The number of rotatable bonds is 1. The predicted molar refractivity (Wildman–Crippen MR) is 41.4 cm³/mol. The summed E-state index contributed by atoms with van der Waals surface area (Å²) < 4.78 is 9.25. The van der Waals surface area contributed by atoms with E-state index in [9.17, 15) is 14.0 Å². The van der Waals surface area contributed by atoms with Crippen LogP contribution in [0.1, 0.15) is 6.42 Å². The quantitative estimate of drug-likeness (QED) is 0.728. The summed E-state index contributed by atoms with van der Waals surface area (Å²) in [6.45, 7) is 3.52. The molecule has 0 aromatic rings. The van der Waals surface area contributed by atoms with Crippen LogP contribution in [0.5, 0.6) is 0 Å². The first-order chi connectivity index (χ1) is 5.24. The molecule has 12 heavy (non-hydrogen) atoms. The van der Waals surface area contributed by atoms with Crippen molar-refractivity contribution in [3.8, 4) is 0 Å². The Kier molecular flexibility index (Phi) is 10.2. The van der Waals surface area contributed by atoms with Crippen LogP contribution in [0.15, 0.2) is 0 Å². The van der Waals surface area contributed by atoms with Gasteiger partial charge in [0.2, 0.25) is 5.91 Å². The molecule has 1 rings (SSSR count). The van der Waals surface area contributed by atoms with Crippen molar-refractivity contribution in [1.82, 2.24) is 5.32 Å². The van der Waals surface area contributed by atoms with E-state index in [1.807, 2.05) is 0 Å². The van der Waals surface area contributed by atoms with Gasteiger partial charge in [0.05, 0.1) is 5.25 Å². The molecule has 0 saturated carbocycles. The molecule has 3 nitrogen and oxygen atoms in total. The van der Waals surface area contributed by atoms with E-state index < -0.39 is 0 Å². The normalized spacial score (nSPS) is 20.4. The molecule has 1 N–H and O–H groups in total. The van der Waals surface area contributed by atoms with Gasteiger partial charge in [-0.1, -0.05) is 11.8 Å². The second kappa shape index (κ2) is 8.14. The first-order valence-electron chi connectivity index (χ1n) is 2.81. The molecule has 1 aliphatic rings. The van der Waals surface area contributed by atoms with Gasteiger partial charge in [0, 0.05) is 32.7 Å². The van der Waals surface area contributed by atoms with Gasteiger partial charge in [-0.05, 0) is 0 Å². The Hall–Kier alpha value is 0.524. The number of halogens is 1. The number of hydrogen-bond acceptors (Lipinski definition) is 3. The molecule has 0 aliphatic carbocycles. The van der Waals surface area contributed by atoms with Crippen molar-refractivity contribution in [1.29, 1.82) is 0 Å². The second-order valence-electron chi connectivity index (χ2n) is 1.67. The molecular weight excluding hydrogens is 258 g/mol. The Bertz CT molecular complexity index is 168. The molecule has 0 spiro atoms. The molecule has 1 heterocycles. The van der Waals surface area contributed by atoms with Crippen LogP contribution in [0.4, 0.5) is 9.18 Å². The van der Waals surface area contributed by atoms with Crippen molar-refractivity contribution in [3.63, 3.8) is 0 Å². The van der Waals surface area contributed by atoms with Gasteiger partial charge in [-0.25, -0.2) is 0 Å². The summed E-state index contributed by atoms with van der Waals surface area (Å²) >= 11 is 1.01. The largest absolute Gasteiger partial charge is 0.463 e. The van der Waals surface area contributed by atoms with E-state index in [2.05, 4.69) is 12.2 Å². The number of carbonyl (C=O) groups excluding carboxylic acids is 2. The average molecular weight is 266 g/mol. The summed E-state index contributed by atoms with van der Waals surface area (Å²) in [7, 11) is 1.75. The third-order valence-corrected chi connectivity index (χ3v) is 2.08. The molecule has 1 aliphatic heterocycles. The summed E-state index contributed by atoms with van der Waals surface area (Å²) in [6, 6.07) is 0. The molecule has 1 saturated heterocycles. The summed E-state index contributed by atoms with van der Waals surface area (Å²) in [6.07, 6.45) is 0.474. The zero-order valence-corrected chi connectivity index (χ0v) is 10.0. The van der Waals surface area contributed by atoms with Crippen LogP contribution in [-0.4, -0.2) is 16.4 Å². The fourth-order valence-corrected chi connectivity index (χ4v) is 1.29. The number of hydrogen-bond donors (Lipinski definition) is 1. The number of amides is 2. The average Bonchev–Trinajstić information content (AvgIpc) is 2.33. The maximum absolute atomic E-state index is 10.6. The van der Waals surface area contributed by atoms with Gasteiger partial charge in [0.25, 0.3) is 5.24 Å². The molecule has 0 bridgehead atoms. The molecule has 1 unspecified atom stereocenters. The smallest absolute Gasteiger partial charge is 0.286 e. The number of nitrogens with one attached hydrogen (secondary N) is 1. The van der Waals surface area contributed by atoms with Crippen molar-refractivity contribution >= 4 is 22.9 Å².